The first kappa shape index (κ1) is 28.5. The van der Waals surface area contributed by atoms with Crippen LogP contribution in [0.5, 0.6) is 0 Å². The van der Waals surface area contributed by atoms with Crippen LogP contribution in [0.2, 0.25) is 0 Å². The van der Waals surface area contributed by atoms with Crippen molar-refractivity contribution in [2.75, 3.05) is 0 Å². The zero-order valence-electron chi connectivity index (χ0n) is 26.9. The Labute approximate surface area is 291 Å². The van der Waals surface area contributed by atoms with E-state index in [-0.39, 0.29) is 0 Å². The van der Waals surface area contributed by atoms with Crippen molar-refractivity contribution in [2.45, 2.75) is 25.0 Å². The number of aromatic nitrogens is 4. The maximum atomic E-state index is 4.42. The zero-order valence-corrected chi connectivity index (χ0v) is 28.4. The van der Waals surface area contributed by atoms with E-state index in [9.17, 15) is 0 Å². The first-order valence-electron chi connectivity index (χ1n) is 16.8. The molecule has 232 valence electrons. The van der Waals surface area contributed by atoms with E-state index in [2.05, 4.69) is 169 Å². The van der Waals surface area contributed by atoms with Crippen molar-refractivity contribution >= 4 is 80.6 Å². The summed E-state index contributed by atoms with van der Waals surface area (Å²) in [7, 11) is 0. The molecule has 0 atom stereocenters. The van der Waals surface area contributed by atoms with Gasteiger partial charge in [-0.25, -0.2) is 0 Å². The minimum Gasteiger partial charge on any atom is -0.263 e. The van der Waals surface area contributed by atoms with Gasteiger partial charge in [0.2, 0.25) is 0 Å². The van der Waals surface area contributed by atoms with Crippen LogP contribution in [-0.4, -0.2) is 4.98 Å². The fourth-order valence-electron chi connectivity index (χ4n) is 7.84. The monoisotopic (exact) mass is 695 g/mol. The Kier molecular flexibility index (Phi) is 6.56. The smallest absolute Gasteiger partial charge is 0.177 e. The number of nitrogens with zero attached hydrogens (tertiary/aromatic N) is 4. The standard InChI is InChI=1S/C44H32BrN4/c45-17-29-1-3-30(4-2-29)20-47-25-37-13-15-39-27-49(28-40-16-14-38(26-47)43(37)44(39)40)22-32-7-5-31(6-8-32)21-48-23-35-11-9-33-18-46-19-34-10-12-36(24-48)42(35)41(33)34/h1-16,18-19,23-28H,17,20-22H2/q+3. The molecule has 0 saturated heterocycles. The van der Waals surface area contributed by atoms with E-state index < -0.39 is 0 Å². The predicted molar refractivity (Wildman–Crippen MR) is 201 cm³/mol. The molecule has 0 spiro atoms. The average molecular weight is 697 g/mol. The number of benzene rings is 6. The van der Waals surface area contributed by atoms with Crippen LogP contribution in [0.1, 0.15) is 22.3 Å². The molecule has 0 unspecified atom stereocenters. The van der Waals surface area contributed by atoms with Gasteiger partial charge in [-0.05, 0) is 42.0 Å². The Morgan fingerprint density at radius 1 is 0.347 bits per heavy atom. The second-order valence-corrected chi connectivity index (χ2v) is 14.0. The van der Waals surface area contributed by atoms with Gasteiger partial charge in [0.25, 0.3) is 0 Å². The zero-order chi connectivity index (χ0) is 32.5. The van der Waals surface area contributed by atoms with E-state index in [4.69, 9.17) is 0 Å². The second-order valence-electron chi connectivity index (χ2n) is 13.4. The number of halogens is 1. The van der Waals surface area contributed by atoms with Crippen LogP contribution in [-0.2, 0) is 25.0 Å². The van der Waals surface area contributed by atoms with Gasteiger partial charge in [-0.1, -0.05) is 76.6 Å². The molecule has 0 amide bonds. The Hall–Kier alpha value is -5.52. The van der Waals surface area contributed by atoms with Gasteiger partial charge in [-0.15, -0.1) is 0 Å². The largest absolute Gasteiger partial charge is 0.263 e. The summed E-state index contributed by atoms with van der Waals surface area (Å²) in [4.78, 5) is 4.42. The minimum atomic E-state index is 0.826. The van der Waals surface area contributed by atoms with E-state index in [0.29, 0.717) is 0 Å². The lowest BCUT2D eigenvalue weighted by molar-refractivity contribution is -0.686. The van der Waals surface area contributed by atoms with E-state index in [1.165, 1.54) is 86.9 Å². The molecule has 49 heavy (non-hydrogen) atoms. The molecule has 4 aromatic heterocycles. The Bertz CT molecular complexity index is 2700. The summed E-state index contributed by atoms with van der Waals surface area (Å²) in [5, 5.41) is 16.2. The molecule has 4 heterocycles. The molecular formula is C44H32BrN4+3. The number of rotatable bonds is 7. The summed E-state index contributed by atoms with van der Waals surface area (Å²) in [6, 6.07) is 35.9. The van der Waals surface area contributed by atoms with Gasteiger partial charge in [0, 0.05) is 99.0 Å². The average Bonchev–Trinajstić information content (AvgIpc) is 3.14. The van der Waals surface area contributed by atoms with Gasteiger partial charge >= 0.3 is 0 Å². The lowest BCUT2D eigenvalue weighted by Crippen LogP contribution is -2.34. The Morgan fingerprint density at radius 2 is 0.612 bits per heavy atom. The van der Waals surface area contributed by atoms with Crippen molar-refractivity contribution in [2.24, 2.45) is 0 Å². The maximum absolute atomic E-state index is 4.42. The highest BCUT2D eigenvalue weighted by atomic mass is 79.9. The molecule has 4 nitrogen and oxygen atoms in total. The third-order valence-electron chi connectivity index (χ3n) is 10.1. The topological polar surface area (TPSA) is 24.5 Å². The lowest BCUT2D eigenvalue weighted by Gasteiger charge is -2.10. The van der Waals surface area contributed by atoms with Crippen LogP contribution in [0.25, 0.3) is 64.6 Å². The first-order chi connectivity index (χ1) is 24.1. The number of alkyl halides is 1. The fourth-order valence-corrected chi connectivity index (χ4v) is 8.21. The van der Waals surface area contributed by atoms with Gasteiger partial charge in [0.1, 0.15) is 0 Å². The SMILES string of the molecule is BrCc1ccc(C[n+]2cc3ccc4c[n+](Cc5ccc(C[n+]6cc7ccc8cncc9ccc(c6)c7c89)cc5)cc5ccc(c2)c3c45)cc1. The minimum absolute atomic E-state index is 0.826. The van der Waals surface area contributed by atoms with Gasteiger partial charge in [0.05, 0.1) is 0 Å². The van der Waals surface area contributed by atoms with Crippen molar-refractivity contribution in [1.29, 1.82) is 0 Å². The molecule has 0 saturated carbocycles. The molecule has 10 rings (SSSR count). The molecule has 0 N–H and O–H groups in total. The van der Waals surface area contributed by atoms with Crippen molar-refractivity contribution < 1.29 is 13.7 Å². The maximum Gasteiger partial charge on any atom is 0.177 e. The number of hydrogen-bond acceptors (Lipinski definition) is 1. The predicted octanol–water partition coefficient (Wildman–Crippen LogP) is 8.78. The normalized spacial score (nSPS) is 12.1. The summed E-state index contributed by atoms with van der Waals surface area (Å²) < 4.78 is 6.96. The number of hydrogen-bond donors (Lipinski definition) is 0. The molecule has 0 fully saturated rings. The van der Waals surface area contributed by atoms with Gasteiger partial charge in [-0.2, -0.15) is 13.7 Å². The lowest BCUT2D eigenvalue weighted by atomic mass is 9.97. The molecule has 0 radical (unpaired) electrons. The molecule has 0 aliphatic carbocycles. The first-order valence-corrected chi connectivity index (χ1v) is 17.9. The van der Waals surface area contributed by atoms with Gasteiger partial charge in [0.15, 0.2) is 56.8 Å². The van der Waals surface area contributed by atoms with Gasteiger partial charge < -0.3 is 0 Å². The molecule has 6 aromatic carbocycles. The summed E-state index contributed by atoms with van der Waals surface area (Å²) in [5.74, 6) is 0. The highest BCUT2D eigenvalue weighted by Crippen LogP contribution is 2.34. The van der Waals surface area contributed by atoms with E-state index in [1.54, 1.807) is 0 Å². The van der Waals surface area contributed by atoms with E-state index in [0.717, 1.165) is 25.0 Å². The van der Waals surface area contributed by atoms with Crippen LogP contribution in [0.15, 0.2) is 147 Å². The van der Waals surface area contributed by atoms with Crippen molar-refractivity contribution in [3.63, 3.8) is 0 Å². The summed E-state index contributed by atoms with van der Waals surface area (Å²) >= 11 is 3.55. The van der Waals surface area contributed by atoms with Gasteiger partial charge in [-0.3, -0.25) is 4.98 Å². The van der Waals surface area contributed by atoms with E-state index >= 15 is 0 Å². The molecule has 5 heteroatoms. The highest BCUT2D eigenvalue weighted by molar-refractivity contribution is 9.08. The molecule has 0 aliphatic heterocycles. The molecule has 10 aromatic rings. The third kappa shape index (κ3) is 4.96. The Morgan fingerprint density at radius 3 is 0.918 bits per heavy atom. The fraction of sp³-hybridized carbons (Fsp3) is 0.0909. The van der Waals surface area contributed by atoms with E-state index in [1.807, 2.05) is 12.4 Å². The van der Waals surface area contributed by atoms with Crippen molar-refractivity contribution in [3.05, 3.63) is 169 Å². The highest BCUT2D eigenvalue weighted by Gasteiger charge is 2.18. The molecular weight excluding hydrogens is 664 g/mol. The van der Waals surface area contributed by atoms with Crippen molar-refractivity contribution in [1.82, 2.24) is 4.98 Å². The molecule has 0 aliphatic rings. The third-order valence-corrected chi connectivity index (χ3v) is 10.8. The second kappa shape index (κ2) is 11.3. The summed E-state index contributed by atoms with van der Waals surface area (Å²) in [6.45, 7) is 2.51. The number of pyridine rings is 4. The van der Waals surface area contributed by atoms with Crippen LogP contribution >= 0.6 is 15.9 Å². The quantitative estimate of drug-likeness (QED) is 0.0930. The molecule has 0 bridgehead atoms. The van der Waals surface area contributed by atoms with Crippen molar-refractivity contribution in [3.8, 4) is 0 Å². The van der Waals surface area contributed by atoms with Crippen LogP contribution in [0.3, 0.4) is 0 Å². The Balaban J connectivity index is 0.910. The van der Waals surface area contributed by atoms with Crippen LogP contribution in [0, 0.1) is 0 Å². The summed E-state index contributed by atoms with van der Waals surface area (Å²) in [5.41, 5.74) is 5.19. The summed E-state index contributed by atoms with van der Waals surface area (Å²) in [6.07, 6.45) is 17.7. The van der Waals surface area contributed by atoms with Crippen LogP contribution in [0.4, 0.5) is 0 Å². The van der Waals surface area contributed by atoms with Crippen LogP contribution < -0.4 is 13.7 Å².